The number of carbonyl (C=O) groups excluding carboxylic acids is 1. The van der Waals surface area contributed by atoms with E-state index in [1.807, 2.05) is 13.8 Å². The topological polar surface area (TPSA) is 29.1 Å². The normalized spacial score (nSPS) is 11.0. The van der Waals surface area contributed by atoms with Gasteiger partial charge in [0.25, 0.3) is 0 Å². The average molecular weight is 150 g/mol. The molecule has 0 aliphatic heterocycles. The van der Waals surface area contributed by atoms with Gasteiger partial charge >= 0.3 is 0 Å². The number of halogens is 1. The van der Waals surface area contributed by atoms with Crippen LogP contribution in [0.4, 0.5) is 0 Å². The van der Waals surface area contributed by atoms with E-state index in [0.717, 1.165) is 6.42 Å². The van der Waals surface area contributed by atoms with Crippen molar-refractivity contribution in [1.29, 1.82) is 0 Å². The van der Waals surface area contributed by atoms with Gasteiger partial charge in [-0.15, -0.1) is 11.6 Å². The molecule has 0 saturated heterocycles. The van der Waals surface area contributed by atoms with E-state index >= 15 is 0 Å². The van der Waals surface area contributed by atoms with Crippen molar-refractivity contribution >= 4 is 18.0 Å². The lowest BCUT2D eigenvalue weighted by molar-refractivity contribution is -0.109. The van der Waals surface area contributed by atoms with E-state index < -0.39 is 0 Å². The summed E-state index contributed by atoms with van der Waals surface area (Å²) < 4.78 is 0. The van der Waals surface area contributed by atoms with Crippen LogP contribution in [0.25, 0.3) is 0 Å². The van der Waals surface area contributed by atoms with Gasteiger partial charge in [0, 0.05) is 11.4 Å². The molecule has 1 N–H and O–H groups in total. The summed E-state index contributed by atoms with van der Waals surface area (Å²) in [5, 5.41) is 2.54. The third-order valence-corrected chi connectivity index (χ3v) is 1.14. The summed E-state index contributed by atoms with van der Waals surface area (Å²) in [6.45, 7) is 4.49. The number of amides is 1. The summed E-state index contributed by atoms with van der Waals surface area (Å²) in [4.78, 5) is 9.54. The van der Waals surface area contributed by atoms with Crippen molar-refractivity contribution in [2.75, 3.05) is 6.54 Å². The molecule has 0 radical (unpaired) electrons. The second kappa shape index (κ2) is 3.72. The number of nitrogens with one attached hydrogen (secondary N) is 1. The number of rotatable bonds is 4. The smallest absolute Gasteiger partial charge is 0.207 e. The third kappa shape index (κ3) is 7.76. The van der Waals surface area contributed by atoms with Gasteiger partial charge in [-0.05, 0) is 20.3 Å². The van der Waals surface area contributed by atoms with Crippen LogP contribution in [0.2, 0.25) is 0 Å². The predicted molar refractivity (Wildman–Crippen MR) is 38.6 cm³/mol. The second-order valence-electron chi connectivity index (χ2n) is 2.54. The third-order valence-electron chi connectivity index (χ3n) is 0.947. The molecule has 2 nitrogen and oxygen atoms in total. The number of hydrogen-bond acceptors (Lipinski definition) is 1. The minimum Gasteiger partial charge on any atom is -0.359 e. The first-order valence-corrected chi connectivity index (χ1v) is 3.30. The molecule has 1 amide bonds. The summed E-state index contributed by atoms with van der Waals surface area (Å²) in [5.74, 6) is 0. The van der Waals surface area contributed by atoms with Crippen molar-refractivity contribution in [2.45, 2.75) is 25.1 Å². The Labute approximate surface area is 60.6 Å². The van der Waals surface area contributed by atoms with E-state index in [1.54, 1.807) is 0 Å². The fraction of sp³-hybridized carbons (Fsp3) is 0.833. The highest BCUT2D eigenvalue weighted by molar-refractivity contribution is 6.23. The molecule has 0 heterocycles. The van der Waals surface area contributed by atoms with Crippen molar-refractivity contribution < 1.29 is 4.79 Å². The lowest BCUT2D eigenvalue weighted by Crippen LogP contribution is -2.21. The zero-order valence-electron chi connectivity index (χ0n) is 5.78. The molecule has 54 valence electrons. The zero-order chi connectivity index (χ0) is 7.33. The van der Waals surface area contributed by atoms with Crippen LogP contribution in [0.5, 0.6) is 0 Å². The molecule has 0 aromatic carbocycles. The average Bonchev–Trinajstić information content (AvgIpc) is 1.63. The standard InChI is InChI=1S/C6H12ClNO/c1-6(2,7)3-4-8-5-9/h5H,3-4H2,1-2H3,(H,8,9). The Bertz CT molecular complexity index is 87.5. The van der Waals surface area contributed by atoms with Crippen LogP contribution in [0.1, 0.15) is 20.3 Å². The van der Waals surface area contributed by atoms with Gasteiger partial charge < -0.3 is 5.32 Å². The molecule has 0 aliphatic carbocycles. The summed E-state index contributed by atoms with van der Waals surface area (Å²) in [5.41, 5.74) is 0. The summed E-state index contributed by atoms with van der Waals surface area (Å²) in [6.07, 6.45) is 1.48. The van der Waals surface area contributed by atoms with Gasteiger partial charge in [0.15, 0.2) is 0 Å². The molecular formula is C6H12ClNO. The Morgan fingerprint density at radius 3 is 2.56 bits per heavy atom. The lowest BCUT2D eigenvalue weighted by atomic mass is 10.1. The predicted octanol–water partition coefficient (Wildman–Crippen LogP) is 1.14. The van der Waals surface area contributed by atoms with Crippen LogP contribution >= 0.6 is 11.6 Å². The van der Waals surface area contributed by atoms with Gasteiger partial charge in [0.1, 0.15) is 0 Å². The van der Waals surface area contributed by atoms with Crippen molar-refractivity contribution in [3.05, 3.63) is 0 Å². The first kappa shape index (κ1) is 8.76. The van der Waals surface area contributed by atoms with E-state index in [9.17, 15) is 4.79 Å². The SMILES string of the molecule is CC(C)(Cl)CCNC=O. The summed E-state index contributed by atoms with van der Waals surface area (Å²) in [7, 11) is 0. The van der Waals surface area contributed by atoms with E-state index in [1.165, 1.54) is 0 Å². The molecule has 9 heavy (non-hydrogen) atoms. The molecule has 0 aromatic heterocycles. The number of carbonyl (C=O) groups is 1. The largest absolute Gasteiger partial charge is 0.359 e. The van der Waals surface area contributed by atoms with E-state index in [2.05, 4.69) is 5.32 Å². The molecule has 3 heteroatoms. The van der Waals surface area contributed by atoms with Gasteiger partial charge in [-0.1, -0.05) is 0 Å². The Morgan fingerprint density at radius 1 is 1.67 bits per heavy atom. The summed E-state index contributed by atoms with van der Waals surface area (Å²) >= 11 is 5.81. The van der Waals surface area contributed by atoms with Crippen LogP contribution < -0.4 is 5.32 Å². The van der Waals surface area contributed by atoms with Gasteiger partial charge in [-0.25, -0.2) is 0 Å². The molecule has 0 saturated carbocycles. The Balaban J connectivity index is 3.17. The maximum absolute atomic E-state index is 9.74. The van der Waals surface area contributed by atoms with Crippen molar-refractivity contribution in [3.63, 3.8) is 0 Å². The second-order valence-corrected chi connectivity index (χ2v) is 3.56. The van der Waals surface area contributed by atoms with Gasteiger partial charge in [-0.3, -0.25) is 4.79 Å². The lowest BCUT2D eigenvalue weighted by Gasteiger charge is -2.13. The van der Waals surface area contributed by atoms with Crippen LogP contribution in [-0.2, 0) is 4.79 Å². The monoisotopic (exact) mass is 149 g/mol. The highest BCUT2D eigenvalue weighted by atomic mass is 35.5. The Kier molecular flexibility index (Phi) is 3.62. The Morgan fingerprint density at radius 2 is 2.22 bits per heavy atom. The fourth-order valence-corrected chi connectivity index (χ4v) is 0.523. The molecule has 0 bridgehead atoms. The first-order valence-electron chi connectivity index (χ1n) is 2.92. The van der Waals surface area contributed by atoms with Gasteiger partial charge in [-0.2, -0.15) is 0 Å². The molecular weight excluding hydrogens is 138 g/mol. The van der Waals surface area contributed by atoms with Gasteiger partial charge in [0.05, 0.1) is 0 Å². The van der Waals surface area contributed by atoms with E-state index in [4.69, 9.17) is 11.6 Å². The summed E-state index contributed by atoms with van der Waals surface area (Å²) in [6, 6.07) is 0. The number of hydrogen-bond donors (Lipinski definition) is 1. The Hall–Kier alpha value is -0.240. The van der Waals surface area contributed by atoms with Crippen molar-refractivity contribution in [2.24, 2.45) is 0 Å². The quantitative estimate of drug-likeness (QED) is 0.363. The first-order chi connectivity index (χ1) is 4.06. The molecule has 0 aliphatic rings. The fourth-order valence-electron chi connectivity index (χ4n) is 0.428. The molecule has 0 spiro atoms. The molecule has 0 aromatic rings. The highest BCUT2D eigenvalue weighted by Crippen LogP contribution is 2.15. The van der Waals surface area contributed by atoms with Crippen LogP contribution in [0, 0.1) is 0 Å². The van der Waals surface area contributed by atoms with Crippen molar-refractivity contribution in [1.82, 2.24) is 5.32 Å². The minimum absolute atomic E-state index is 0.198. The highest BCUT2D eigenvalue weighted by Gasteiger charge is 2.10. The molecule has 0 rings (SSSR count). The van der Waals surface area contributed by atoms with Gasteiger partial charge in [0.2, 0.25) is 6.41 Å². The van der Waals surface area contributed by atoms with E-state index in [-0.39, 0.29) is 4.87 Å². The zero-order valence-corrected chi connectivity index (χ0v) is 6.53. The molecule has 0 unspecified atom stereocenters. The van der Waals surface area contributed by atoms with Crippen LogP contribution in [-0.4, -0.2) is 17.8 Å². The maximum Gasteiger partial charge on any atom is 0.207 e. The van der Waals surface area contributed by atoms with Crippen LogP contribution in [0.15, 0.2) is 0 Å². The molecule has 0 fully saturated rings. The van der Waals surface area contributed by atoms with Crippen LogP contribution in [0.3, 0.4) is 0 Å². The minimum atomic E-state index is -0.198. The molecule has 0 atom stereocenters. The maximum atomic E-state index is 9.74. The van der Waals surface area contributed by atoms with Crippen molar-refractivity contribution in [3.8, 4) is 0 Å². The van der Waals surface area contributed by atoms with E-state index in [0.29, 0.717) is 13.0 Å². The number of alkyl halides is 1.